The Hall–Kier alpha value is -3.11. The number of rotatable bonds is 4. The van der Waals surface area contributed by atoms with Crippen LogP contribution in [0.3, 0.4) is 0 Å². The molecule has 0 radical (unpaired) electrons. The molecule has 4 nitrogen and oxygen atoms in total. The standard InChI is InChI=1S/C23H18ClNO3/c1-28-23(27)21(25-22(26)14-10-12-15(24)13-11-14)20-18-8-4-2-6-16(18)17-7-3-5-9-19(17)20/h2-13,20-21H,1H3,(H,25,26)/t21-/m0/s1. The van der Waals surface area contributed by atoms with Crippen molar-refractivity contribution in [1.82, 2.24) is 5.32 Å². The van der Waals surface area contributed by atoms with Gasteiger partial charge in [-0.25, -0.2) is 4.79 Å². The van der Waals surface area contributed by atoms with Gasteiger partial charge >= 0.3 is 5.97 Å². The number of hydrogen-bond donors (Lipinski definition) is 1. The molecule has 1 N–H and O–H groups in total. The number of fused-ring (bicyclic) bond motifs is 3. The number of benzene rings is 3. The van der Waals surface area contributed by atoms with Gasteiger partial charge in [0.1, 0.15) is 6.04 Å². The molecule has 1 aliphatic rings. The average molecular weight is 392 g/mol. The van der Waals surface area contributed by atoms with Gasteiger partial charge in [-0.2, -0.15) is 0 Å². The summed E-state index contributed by atoms with van der Waals surface area (Å²) in [5.41, 5.74) is 4.55. The quantitative estimate of drug-likeness (QED) is 0.669. The molecule has 0 aromatic heterocycles. The Kier molecular flexibility index (Phi) is 4.88. The smallest absolute Gasteiger partial charge is 0.329 e. The van der Waals surface area contributed by atoms with E-state index in [2.05, 4.69) is 5.32 Å². The fourth-order valence-electron chi connectivity index (χ4n) is 3.78. The van der Waals surface area contributed by atoms with E-state index in [1.165, 1.54) is 7.11 Å². The van der Waals surface area contributed by atoms with Gasteiger partial charge in [-0.1, -0.05) is 60.1 Å². The van der Waals surface area contributed by atoms with E-state index >= 15 is 0 Å². The van der Waals surface area contributed by atoms with E-state index in [4.69, 9.17) is 16.3 Å². The lowest BCUT2D eigenvalue weighted by atomic mass is 9.89. The predicted octanol–water partition coefficient (Wildman–Crippen LogP) is 4.42. The molecule has 0 aliphatic heterocycles. The minimum atomic E-state index is -0.849. The number of ether oxygens (including phenoxy) is 1. The monoisotopic (exact) mass is 391 g/mol. The van der Waals surface area contributed by atoms with Crippen LogP contribution in [0.2, 0.25) is 5.02 Å². The summed E-state index contributed by atoms with van der Waals surface area (Å²) in [6.45, 7) is 0. The second-order valence-corrected chi connectivity index (χ2v) is 7.07. The van der Waals surface area contributed by atoms with Gasteiger partial charge in [-0.3, -0.25) is 4.79 Å². The van der Waals surface area contributed by atoms with Crippen LogP contribution < -0.4 is 5.32 Å². The Bertz CT molecular complexity index is 1000. The molecule has 1 aliphatic carbocycles. The number of halogens is 1. The zero-order valence-corrected chi connectivity index (χ0v) is 15.9. The number of methoxy groups -OCH3 is 1. The van der Waals surface area contributed by atoms with Crippen molar-refractivity contribution in [2.24, 2.45) is 0 Å². The maximum atomic E-state index is 12.8. The summed E-state index contributed by atoms with van der Waals surface area (Å²) in [6, 6.07) is 21.5. The largest absolute Gasteiger partial charge is 0.467 e. The van der Waals surface area contributed by atoms with Crippen LogP contribution in [-0.4, -0.2) is 25.0 Å². The summed E-state index contributed by atoms with van der Waals surface area (Å²) in [7, 11) is 1.33. The zero-order valence-electron chi connectivity index (χ0n) is 15.2. The summed E-state index contributed by atoms with van der Waals surface area (Å²) < 4.78 is 5.04. The van der Waals surface area contributed by atoms with Gasteiger partial charge in [-0.05, 0) is 46.5 Å². The lowest BCUT2D eigenvalue weighted by Gasteiger charge is -2.24. The highest BCUT2D eigenvalue weighted by molar-refractivity contribution is 6.30. The molecule has 0 saturated heterocycles. The molecule has 5 heteroatoms. The maximum absolute atomic E-state index is 12.8. The Morgan fingerprint density at radius 3 is 1.96 bits per heavy atom. The van der Waals surface area contributed by atoms with Crippen molar-refractivity contribution in [3.05, 3.63) is 94.5 Å². The molecular formula is C23H18ClNO3. The molecule has 1 atom stereocenters. The Labute approximate surface area is 168 Å². The van der Waals surface area contributed by atoms with E-state index in [-0.39, 0.29) is 11.8 Å². The molecule has 3 aromatic rings. The fourth-order valence-corrected chi connectivity index (χ4v) is 3.91. The van der Waals surface area contributed by atoms with Gasteiger partial charge in [0.2, 0.25) is 0 Å². The van der Waals surface area contributed by atoms with Gasteiger partial charge in [-0.15, -0.1) is 0 Å². The van der Waals surface area contributed by atoms with E-state index < -0.39 is 12.0 Å². The minimum Gasteiger partial charge on any atom is -0.467 e. The summed E-state index contributed by atoms with van der Waals surface area (Å²) in [6.07, 6.45) is 0. The Balaban J connectivity index is 1.75. The molecular weight excluding hydrogens is 374 g/mol. The summed E-state index contributed by atoms with van der Waals surface area (Å²) >= 11 is 5.91. The molecule has 140 valence electrons. The Morgan fingerprint density at radius 2 is 1.43 bits per heavy atom. The maximum Gasteiger partial charge on any atom is 0.329 e. The molecule has 0 saturated carbocycles. The molecule has 0 bridgehead atoms. The summed E-state index contributed by atoms with van der Waals surface area (Å²) in [5.74, 6) is -1.16. The average Bonchev–Trinajstić information content (AvgIpc) is 3.06. The fraction of sp³-hybridized carbons (Fsp3) is 0.130. The van der Waals surface area contributed by atoms with E-state index in [0.29, 0.717) is 10.6 Å². The molecule has 0 fully saturated rings. The SMILES string of the molecule is COC(=O)[C@@H](NC(=O)c1ccc(Cl)cc1)C1c2ccccc2-c2ccccc21. The van der Waals surface area contributed by atoms with Crippen molar-refractivity contribution < 1.29 is 14.3 Å². The number of hydrogen-bond acceptors (Lipinski definition) is 3. The molecule has 0 heterocycles. The number of carbonyl (C=O) groups excluding carboxylic acids is 2. The predicted molar refractivity (Wildman–Crippen MR) is 108 cm³/mol. The lowest BCUT2D eigenvalue weighted by Crippen LogP contribution is -2.45. The third kappa shape index (κ3) is 3.16. The van der Waals surface area contributed by atoms with Crippen molar-refractivity contribution in [2.45, 2.75) is 12.0 Å². The molecule has 3 aromatic carbocycles. The van der Waals surface area contributed by atoms with Crippen LogP contribution in [0, 0.1) is 0 Å². The van der Waals surface area contributed by atoms with Gasteiger partial charge in [0.15, 0.2) is 0 Å². The third-order valence-electron chi connectivity index (χ3n) is 5.06. The first-order chi connectivity index (χ1) is 13.6. The van der Waals surface area contributed by atoms with E-state index in [9.17, 15) is 9.59 Å². The molecule has 28 heavy (non-hydrogen) atoms. The molecule has 0 spiro atoms. The van der Waals surface area contributed by atoms with E-state index in [1.807, 2.05) is 48.5 Å². The number of esters is 1. The van der Waals surface area contributed by atoms with Crippen molar-refractivity contribution in [1.29, 1.82) is 0 Å². The van der Waals surface area contributed by atoms with Crippen LogP contribution >= 0.6 is 11.6 Å². The van der Waals surface area contributed by atoms with Gasteiger partial charge in [0, 0.05) is 16.5 Å². The summed E-state index contributed by atoms with van der Waals surface area (Å²) in [4.78, 5) is 25.5. The highest BCUT2D eigenvalue weighted by atomic mass is 35.5. The Morgan fingerprint density at radius 1 is 0.893 bits per heavy atom. The second kappa shape index (κ2) is 7.49. The van der Waals surface area contributed by atoms with Crippen molar-refractivity contribution in [2.75, 3.05) is 7.11 Å². The summed E-state index contributed by atoms with van der Waals surface area (Å²) in [5, 5.41) is 3.41. The van der Waals surface area contributed by atoms with Crippen LogP contribution in [0.5, 0.6) is 0 Å². The van der Waals surface area contributed by atoms with Crippen LogP contribution in [0.25, 0.3) is 11.1 Å². The first-order valence-electron chi connectivity index (χ1n) is 8.92. The zero-order chi connectivity index (χ0) is 19.7. The molecule has 0 unspecified atom stereocenters. The van der Waals surface area contributed by atoms with Crippen molar-refractivity contribution >= 4 is 23.5 Å². The van der Waals surface area contributed by atoms with Gasteiger partial charge in [0.25, 0.3) is 5.91 Å². The van der Waals surface area contributed by atoms with Gasteiger partial charge in [0.05, 0.1) is 7.11 Å². The first kappa shape index (κ1) is 18.3. The first-order valence-corrected chi connectivity index (χ1v) is 9.30. The van der Waals surface area contributed by atoms with Gasteiger partial charge < -0.3 is 10.1 Å². The highest BCUT2D eigenvalue weighted by Crippen LogP contribution is 2.46. The van der Waals surface area contributed by atoms with Crippen LogP contribution in [-0.2, 0) is 9.53 Å². The topological polar surface area (TPSA) is 55.4 Å². The van der Waals surface area contributed by atoms with Crippen LogP contribution in [0.15, 0.2) is 72.8 Å². The van der Waals surface area contributed by atoms with E-state index in [1.54, 1.807) is 24.3 Å². The van der Waals surface area contributed by atoms with Crippen LogP contribution in [0.1, 0.15) is 27.4 Å². The lowest BCUT2D eigenvalue weighted by molar-refractivity contribution is -0.143. The highest BCUT2D eigenvalue weighted by Gasteiger charge is 2.39. The second-order valence-electron chi connectivity index (χ2n) is 6.63. The third-order valence-corrected chi connectivity index (χ3v) is 5.32. The normalized spacial score (nSPS) is 13.4. The van der Waals surface area contributed by atoms with E-state index in [0.717, 1.165) is 22.3 Å². The number of nitrogens with one attached hydrogen (secondary N) is 1. The number of amides is 1. The number of carbonyl (C=O) groups is 2. The molecule has 1 amide bonds. The van der Waals surface area contributed by atoms with Crippen molar-refractivity contribution in [3.63, 3.8) is 0 Å². The molecule has 4 rings (SSSR count). The van der Waals surface area contributed by atoms with Crippen LogP contribution in [0.4, 0.5) is 0 Å². The van der Waals surface area contributed by atoms with Crippen molar-refractivity contribution in [3.8, 4) is 11.1 Å². The minimum absolute atomic E-state index is 0.323.